The van der Waals surface area contributed by atoms with Crippen LogP contribution in [0.5, 0.6) is 0 Å². The van der Waals surface area contributed by atoms with Gasteiger partial charge in [0.2, 0.25) is 0 Å². The van der Waals surface area contributed by atoms with Crippen LogP contribution in [0.2, 0.25) is 5.02 Å². The van der Waals surface area contributed by atoms with Gasteiger partial charge in [0.1, 0.15) is 0 Å². The molecule has 0 aromatic heterocycles. The van der Waals surface area contributed by atoms with Crippen molar-refractivity contribution in [2.24, 2.45) is 0 Å². The highest BCUT2D eigenvalue weighted by molar-refractivity contribution is 6.30. The molecule has 4 heteroatoms. The minimum absolute atomic E-state index is 0.0958. The van der Waals surface area contributed by atoms with Gasteiger partial charge >= 0.3 is 0 Å². The van der Waals surface area contributed by atoms with Gasteiger partial charge in [-0.2, -0.15) is 0 Å². The molecule has 0 aliphatic carbocycles. The fraction of sp³-hybridized carbons (Fsp3) is 0.188. The summed E-state index contributed by atoms with van der Waals surface area (Å²) >= 11 is 5.85. The van der Waals surface area contributed by atoms with Gasteiger partial charge in [-0.25, -0.2) is 0 Å². The number of halogens is 1. The fourth-order valence-corrected chi connectivity index (χ4v) is 2.18. The van der Waals surface area contributed by atoms with E-state index in [2.05, 4.69) is 5.32 Å². The summed E-state index contributed by atoms with van der Waals surface area (Å²) in [7, 11) is 0. The van der Waals surface area contributed by atoms with Crippen molar-refractivity contribution in [2.75, 3.05) is 5.73 Å². The number of hydrogen-bond donors (Lipinski definition) is 2. The van der Waals surface area contributed by atoms with Crippen molar-refractivity contribution >= 4 is 23.2 Å². The lowest BCUT2D eigenvalue weighted by atomic mass is 10.1. The molecule has 1 atom stereocenters. The lowest BCUT2D eigenvalue weighted by Crippen LogP contribution is -2.26. The number of aryl methyl sites for hydroxylation is 1. The Morgan fingerprint density at radius 2 is 1.85 bits per heavy atom. The number of carbonyl (C=O) groups is 1. The van der Waals surface area contributed by atoms with Crippen LogP contribution >= 0.6 is 11.6 Å². The lowest BCUT2D eigenvalue weighted by Gasteiger charge is -2.15. The highest BCUT2D eigenvalue weighted by Gasteiger charge is 2.12. The molecular formula is C16H17ClN2O. The van der Waals surface area contributed by atoms with E-state index in [1.165, 1.54) is 0 Å². The average Bonchev–Trinajstić information content (AvgIpc) is 2.38. The Kier molecular flexibility index (Phi) is 4.30. The zero-order valence-corrected chi connectivity index (χ0v) is 12.2. The van der Waals surface area contributed by atoms with Crippen molar-refractivity contribution in [3.8, 4) is 0 Å². The summed E-state index contributed by atoms with van der Waals surface area (Å²) in [6, 6.07) is 12.7. The Labute approximate surface area is 123 Å². The van der Waals surface area contributed by atoms with Crippen molar-refractivity contribution in [1.29, 1.82) is 0 Å². The summed E-state index contributed by atoms with van der Waals surface area (Å²) in [6.45, 7) is 3.84. The fourth-order valence-electron chi connectivity index (χ4n) is 2.06. The molecule has 0 saturated heterocycles. The van der Waals surface area contributed by atoms with Crippen LogP contribution < -0.4 is 11.1 Å². The van der Waals surface area contributed by atoms with E-state index in [-0.39, 0.29) is 11.9 Å². The molecule has 20 heavy (non-hydrogen) atoms. The van der Waals surface area contributed by atoms with E-state index in [4.69, 9.17) is 17.3 Å². The number of anilines is 1. The molecule has 0 fully saturated rings. The zero-order chi connectivity index (χ0) is 14.7. The Morgan fingerprint density at radius 3 is 2.45 bits per heavy atom. The summed E-state index contributed by atoms with van der Waals surface area (Å²) < 4.78 is 0. The van der Waals surface area contributed by atoms with E-state index in [1.54, 1.807) is 6.07 Å². The first-order valence-corrected chi connectivity index (χ1v) is 6.77. The molecule has 0 spiro atoms. The normalized spacial score (nSPS) is 11.9. The van der Waals surface area contributed by atoms with E-state index < -0.39 is 0 Å². The third kappa shape index (κ3) is 3.52. The number of benzene rings is 2. The van der Waals surface area contributed by atoms with Crippen LogP contribution in [0, 0.1) is 6.92 Å². The second kappa shape index (κ2) is 5.97. The number of hydrogen-bond acceptors (Lipinski definition) is 2. The Balaban J connectivity index is 2.12. The molecule has 3 N–H and O–H groups in total. The van der Waals surface area contributed by atoms with Crippen molar-refractivity contribution in [1.82, 2.24) is 5.32 Å². The molecule has 0 heterocycles. The minimum Gasteiger partial charge on any atom is -0.399 e. The van der Waals surface area contributed by atoms with Crippen LogP contribution in [0.3, 0.4) is 0 Å². The first kappa shape index (κ1) is 14.4. The van der Waals surface area contributed by atoms with E-state index in [9.17, 15) is 4.79 Å². The van der Waals surface area contributed by atoms with E-state index >= 15 is 0 Å². The molecule has 3 nitrogen and oxygen atoms in total. The molecule has 2 aromatic rings. The molecule has 1 amide bonds. The minimum atomic E-state index is -0.136. The average molecular weight is 289 g/mol. The first-order valence-electron chi connectivity index (χ1n) is 6.39. The molecule has 0 radical (unpaired) electrons. The number of rotatable bonds is 3. The van der Waals surface area contributed by atoms with Crippen LogP contribution in [-0.2, 0) is 0 Å². The molecule has 2 aromatic carbocycles. The number of amides is 1. The predicted molar refractivity (Wildman–Crippen MR) is 82.9 cm³/mol. The second-order valence-corrected chi connectivity index (χ2v) is 5.32. The van der Waals surface area contributed by atoms with Gasteiger partial charge in [0.25, 0.3) is 5.91 Å². The van der Waals surface area contributed by atoms with E-state index in [0.29, 0.717) is 16.3 Å². The van der Waals surface area contributed by atoms with E-state index in [1.807, 2.05) is 50.2 Å². The summed E-state index contributed by atoms with van der Waals surface area (Å²) in [6.07, 6.45) is 0. The van der Waals surface area contributed by atoms with Gasteiger partial charge in [0, 0.05) is 16.3 Å². The van der Waals surface area contributed by atoms with Crippen LogP contribution in [0.25, 0.3) is 0 Å². The summed E-state index contributed by atoms with van der Waals surface area (Å²) in [4.78, 5) is 12.2. The molecule has 0 saturated carbocycles. The van der Waals surface area contributed by atoms with Crippen LogP contribution in [-0.4, -0.2) is 5.91 Å². The quantitative estimate of drug-likeness (QED) is 0.846. The van der Waals surface area contributed by atoms with Gasteiger partial charge in [0.05, 0.1) is 6.04 Å². The molecule has 0 aliphatic rings. The molecule has 0 bridgehead atoms. The largest absolute Gasteiger partial charge is 0.399 e. The van der Waals surface area contributed by atoms with Crippen LogP contribution in [0.15, 0.2) is 42.5 Å². The van der Waals surface area contributed by atoms with Crippen molar-refractivity contribution in [2.45, 2.75) is 19.9 Å². The highest BCUT2D eigenvalue weighted by atomic mass is 35.5. The SMILES string of the molecule is Cc1cc(N)cc(C(=O)NC(C)c2ccc(Cl)cc2)c1. The van der Waals surface area contributed by atoms with Gasteiger partial charge in [-0.1, -0.05) is 23.7 Å². The van der Waals surface area contributed by atoms with Crippen LogP contribution in [0.1, 0.15) is 34.5 Å². The molecule has 1 unspecified atom stereocenters. The second-order valence-electron chi connectivity index (χ2n) is 4.88. The summed E-state index contributed by atoms with van der Waals surface area (Å²) in [5.74, 6) is -0.136. The number of nitrogens with two attached hydrogens (primary N) is 1. The molecule has 0 aliphatic heterocycles. The van der Waals surface area contributed by atoms with Gasteiger partial charge in [-0.05, 0) is 55.3 Å². The maximum Gasteiger partial charge on any atom is 0.251 e. The zero-order valence-electron chi connectivity index (χ0n) is 11.5. The summed E-state index contributed by atoms with van der Waals surface area (Å²) in [5.41, 5.74) is 8.90. The topological polar surface area (TPSA) is 55.1 Å². The first-order chi connectivity index (χ1) is 9.45. The standard InChI is InChI=1S/C16H17ClN2O/c1-10-7-13(9-15(18)8-10)16(20)19-11(2)12-3-5-14(17)6-4-12/h3-9,11H,18H2,1-2H3,(H,19,20). The van der Waals surface area contributed by atoms with Crippen molar-refractivity contribution < 1.29 is 4.79 Å². The van der Waals surface area contributed by atoms with Gasteiger partial charge < -0.3 is 11.1 Å². The maximum atomic E-state index is 12.2. The number of nitrogen functional groups attached to an aromatic ring is 1. The van der Waals surface area contributed by atoms with Crippen LogP contribution in [0.4, 0.5) is 5.69 Å². The Hall–Kier alpha value is -2.00. The third-order valence-electron chi connectivity index (χ3n) is 3.08. The molecule has 104 valence electrons. The number of nitrogens with one attached hydrogen (secondary N) is 1. The predicted octanol–water partition coefficient (Wildman–Crippen LogP) is 3.72. The molecular weight excluding hydrogens is 272 g/mol. The maximum absolute atomic E-state index is 12.2. The monoisotopic (exact) mass is 288 g/mol. The highest BCUT2D eigenvalue weighted by Crippen LogP contribution is 2.17. The van der Waals surface area contributed by atoms with E-state index in [0.717, 1.165) is 11.1 Å². The third-order valence-corrected chi connectivity index (χ3v) is 3.33. The summed E-state index contributed by atoms with van der Waals surface area (Å²) in [5, 5.41) is 3.63. The Morgan fingerprint density at radius 1 is 1.20 bits per heavy atom. The van der Waals surface area contributed by atoms with Crippen molar-refractivity contribution in [3.05, 3.63) is 64.2 Å². The van der Waals surface area contributed by atoms with Gasteiger partial charge in [-0.15, -0.1) is 0 Å². The number of carbonyl (C=O) groups excluding carboxylic acids is 1. The smallest absolute Gasteiger partial charge is 0.251 e. The van der Waals surface area contributed by atoms with Gasteiger partial charge in [-0.3, -0.25) is 4.79 Å². The molecule has 2 rings (SSSR count). The van der Waals surface area contributed by atoms with Crippen molar-refractivity contribution in [3.63, 3.8) is 0 Å². The van der Waals surface area contributed by atoms with Gasteiger partial charge in [0.15, 0.2) is 0 Å². The Bertz CT molecular complexity index is 603. The lowest BCUT2D eigenvalue weighted by molar-refractivity contribution is 0.0940.